The number of amides is 1. The molecule has 11 heteroatoms. The second-order valence-electron chi connectivity index (χ2n) is 9.66. The van der Waals surface area contributed by atoms with Gasteiger partial charge in [0, 0.05) is 32.4 Å². The Kier molecular flexibility index (Phi) is 6.01. The Balaban J connectivity index is 1.74. The van der Waals surface area contributed by atoms with Gasteiger partial charge in [-0.3, -0.25) is 4.79 Å². The van der Waals surface area contributed by atoms with Crippen molar-refractivity contribution >= 4 is 28.7 Å². The van der Waals surface area contributed by atoms with Gasteiger partial charge in [-0.15, -0.1) is 0 Å². The Bertz CT molecular complexity index is 1220. The lowest BCUT2D eigenvalue weighted by Gasteiger charge is -2.24. The molecule has 0 spiro atoms. The number of benzene rings is 1. The molecule has 2 atom stereocenters. The minimum atomic E-state index is -1.45. The fourth-order valence-corrected chi connectivity index (χ4v) is 4.31. The van der Waals surface area contributed by atoms with Crippen LogP contribution in [0.5, 0.6) is 0 Å². The normalized spacial score (nSPS) is 20.6. The highest BCUT2D eigenvalue weighted by atomic mass is 19.1. The van der Waals surface area contributed by atoms with Crippen molar-refractivity contribution in [2.45, 2.75) is 57.4 Å². The van der Waals surface area contributed by atoms with Gasteiger partial charge in [0.05, 0.1) is 23.0 Å². The van der Waals surface area contributed by atoms with Crippen molar-refractivity contribution in [1.82, 2.24) is 9.88 Å². The SMILES string of the molecule is CO[C@H]1CN(c2c(F)cc3c(=O)c(C(=O)O)cn(C4CC4)c3c2F)C[C@@H]1NC(=O)OC(C)(C)C. The Morgan fingerprint density at radius 3 is 2.44 bits per heavy atom. The molecule has 0 bridgehead atoms. The van der Waals surface area contributed by atoms with Crippen molar-refractivity contribution in [3.05, 3.63) is 39.7 Å². The Morgan fingerprint density at radius 1 is 1.21 bits per heavy atom. The van der Waals surface area contributed by atoms with Crippen molar-refractivity contribution in [2.75, 3.05) is 25.1 Å². The maximum atomic E-state index is 15.8. The summed E-state index contributed by atoms with van der Waals surface area (Å²) in [7, 11) is 1.43. The van der Waals surface area contributed by atoms with Crippen LogP contribution < -0.4 is 15.6 Å². The van der Waals surface area contributed by atoms with Crippen molar-refractivity contribution in [1.29, 1.82) is 0 Å². The van der Waals surface area contributed by atoms with Crippen LogP contribution in [0.1, 0.15) is 50.0 Å². The number of halogens is 2. The average molecular weight is 479 g/mol. The zero-order valence-electron chi connectivity index (χ0n) is 19.4. The molecule has 1 saturated heterocycles. The fraction of sp³-hybridized carbons (Fsp3) is 0.522. The van der Waals surface area contributed by atoms with Crippen LogP contribution >= 0.6 is 0 Å². The first-order valence-electron chi connectivity index (χ1n) is 11.0. The number of nitrogens with one attached hydrogen (secondary N) is 1. The van der Waals surface area contributed by atoms with Crippen LogP contribution in [0, 0.1) is 11.6 Å². The second-order valence-corrected chi connectivity index (χ2v) is 9.66. The standard InChI is InChI=1S/C23H27F2N3O6/c1-23(2,3)34-22(32)26-15-9-27(10-16(15)33-4)19-14(24)7-12-18(17(19)25)28(11-5-6-11)8-13(20(12)29)21(30)31/h7-8,11,15-16H,5-6,9-10H2,1-4H3,(H,26,32)(H,30,31)/t15-,16-/m0/s1. The number of hydrogen-bond donors (Lipinski definition) is 2. The number of carbonyl (C=O) groups is 2. The first-order valence-corrected chi connectivity index (χ1v) is 11.0. The van der Waals surface area contributed by atoms with Gasteiger partial charge in [0.2, 0.25) is 5.43 Å². The lowest BCUT2D eigenvalue weighted by atomic mass is 10.1. The number of ether oxygens (including phenoxy) is 2. The van der Waals surface area contributed by atoms with Gasteiger partial charge in [-0.1, -0.05) is 0 Å². The molecule has 34 heavy (non-hydrogen) atoms. The number of nitrogens with zero attached hydrogens (tertiary/aromatic N) is 2. The number of aromatic nitrogens is 1. The smallest absolute Gasteiger partial charge is 0.408 e. The van der Waals surface area contributed by atoms with Gasteiger partial charge in [-0.25, -0.2) is 18.4 Å². The van der Waals surface area contributed by atoms with Gasteiger partial charge in [0.15, 0.2) is 5.82 Å². The first-order chi connectivity index (χ1) is 15.9. The number of methoxy groups -OCH3 is 1. The van der Waals surface area contributed by atoms with Crippen LogP contribution in [0.4, 0.5) is 19.3 Å². The summed E-state index contributed by atoms with van der Waals surface area (Å²) in [5.41, 5.74) is -2.69. The van der Waals surface area contributed by atoms with E-state index in [2.05, 4.69) is 5.32 Å². The van der Waals surface area contributed by atoms with E-state index in [0.29, 0.717) is 12.8 Å². The van der Waals surface area contributed by atoms with E-state index in [1.165, 1.54) is 16.6 Å². The molecule has 1 aliphatic heterocycles. The number of carboxylic acids is 1. The van der Waals surface area contributed by atoms with E-state index >= 15 is 8.78 Å². The minimum Gasteiger partial charge on any atom is -0.477 e. The molecule has 1 aromatic heterocycles. The van der Waals surface area contributed by atoms with Gasteiger partial charge >= 0.3 is 12.1 Å². The molecule has 2 heterocycles. The number of pyridine rings is 1. The van der Waals surface area contributed by atoms with E-state index in [0.717, 1.165) is 12.3 Å². The molecule has 184 valence electrons. The molecule has 0 unspecified atom stereocenters. The van der Waals surface area contributed by atoms with Gasteiger partial charge in [0.25, 0.3) is 0 Å². The molecule has 2 aliphatic rings. The topological polar surface area (TPSA) is 110 Å². The van der Waals surface area contributed by atoms with Gasteiger partial charge in [-0.05, 0) is 39.7 Å². The molecule has 9 nitrogen and oxygen atoms in total. The summed E-state index contributed by atoms with van der Waals surface area (Å²) in [5, 5.41) is 11.7. The van der Waals surface area contributed by atoms with Crippen LogP contribution in [0.2, 0.25) is 0 Å². The highest BCUT2D eigenvalue weighted by molar-refractivity contribution is 5.94. The maximum absolute atomic E-state index is 15.8. The highest BCUT2D eigenvalue weighted by Crippen LogP contribution is 2.40. The lowest BCUT2D eigenvalue weighted by molar-refractivity contribution is 0.0417. The molecule has 4 rings (SSSR count). The summed E-state index contributed by atoms with van der Waals surface area (Å²) < 4.78 is 43.2. The molecule has 2 N–H and O–H groups in total. The minimum absolute atomic E-state index is 0.0396. The molecule has 0 radical (unpaired) electrons. The number of carboxylic acid groups (broad SMARTS) is 1. The maximum Gasteiger partial charge on any atom is 0.408 e. The molecule has 1 aromatic carbocycles. The largest absolute Gasteiger partial charge is 0.477 e. The second kappa shape index (κ2) is 8.53. The number of carbonyl (C=O) groups excluding carboxylic acids is 1. The molecule has 2 fully saturated rings. The summed E-state index contributed by atoms with van der Waals surface area (Å²) >= 11 is 0. The van der Waals surface area contributed by atoms with Crippen molar-refractivity contribution in [2.24, 2.45) is 0 Å². The number of aromatic carboxylic acids is 1. The van der Waals surface area contributed by atoms with E-state index < -0.39 is 52.4 Å². The third kappa shape index (κ3) is 4.44. The third-order valence-corrected chi connectivity index (χ3v) is 5.94. The van der Waals surface area contributed by atoms with E-state index in [9.17, 15) is 19.5 Å². The van der Waals surface area contributed by atoms with Crippen molar-refractivity contribution in [3.8, 4) is 0 Å². The highest BCUT2D eigenvalue weighted by Gasteiger charge is 2.38. The number of fused-ring (bicyclic) bond motifs is 1. The van der Waals surface area contributed by atoms with Crippen LogP contribution in [0.3, 0.4) is 0 Å². The Morgan fingerprint density at radius 2 is 1.88 bits per heavy atom. The zero-order chi connectivity index (χ0) is 24.9. The average Bonchev–Trinajstić information content (AvgIpc) is 3.48. The fourth-order valence-electron chi connectivity index (χ4n) is 4.31. The molecule has 1 saturated carbocycles. The van der Waals surface area contributed by atoms with E-state index in [-0.39, 0.29) is 35.7 Å². The summed E-state index contributed by atoms with van der Waals surface area (Å²) in [4.78, 5) is 37.8. The van der Waals surface area contributed by atoms with Gasteiger partial charge < -0.3 is 29.4 Å². The predicted octanol–water partition coefficient (Wildman–Crippen LogP) is 3.04. The number of hydrogen-bond acceptors (Lipinski definition) is 6. The summed E-state index contributed by atoms with van der Waals surface area (Å²) in [5.74, 6) is -3.41. The molecule has 1 aliphatic carbocycles. The number of rotatable bonds is 5. The molecular formula is C23H27F2N3O6. The third-order valence-electron chi connectivity index (χ3n) is 5.94. The molecule has 1 amide bonds. The van der Waals surface area contributed by atoms with Crippen molar-refractivity contribution in [3.63, 3.8) is 0 Å². The van der Waals surface area contributed by atoms with E-state index in [1.807, 2.05) is 0 Å². The Labute approximate surface area is 194 Å². The monoisotopic (exact) mass is 479 g/mol. The Hall–Kier alpha value is -3.21. The lowest BCUT2D eigenvalue weighted by Crippen LogP contribution is -2.45. The number of alkyl carbamates (subject to hydrolysis) is 1. The quantitative estimate of drug-likeness (QED) is 0.678. The number of anilines is 1. The summed E-state index contributed by atoms with van der Waals surface area (Å²) in [6, 6.07) is 0.118. The predicted molar refractivity (Wildman–Crippen MR) is 120 cm³/mol. The summed E-state index contributed by atoms with van der Waals surface area (Å²) in [6.45, 7) is 5.28. The van der Waals surface area contributed by atoms with Crippen molar-refractivity contribution < 1.29 is 33.0 Å². The molecular weight excluding hydrogens is 452 g/mol. The first kappa shape index (κ1) is 23.9. The zero-order valence-corrected chi connectivity index (χ0v) is 19.4. The van der Waals surface area contributed by atoms with Crippen LogP contribution in [0.15, 0.2) is 17.1 Å². The summed E-state index contributed by atoms with van der Waals surface area (Å²) in [6.07, 6.45) is 1.28. The van der Waals surface area contributed by atoms with Gasteiger partial charge in [0.1, 0.15) is 22.7 Å². The van der Waals surface area contributed by atoms with Crippen LogP contribution in [0.25, 0.3) is 10.9 Å². The van der Waals surface area contributed by atoms with Gasteiger partial charge in [-0.2, -0.15) is 0 Å². The van der Waals surface area contributed by atoms with E-state index in [4.69, 9.17) is 9.47 Å². The van der Waals surface area contributed by atoms with Crippen LogP contribution in [-0.4, -0.2) is 59.7 Å². The van der Waals surface area contributed by atoms with Crippen LogP contribution in [-0.2, 0) is 9.47 Å². The van der Waals surface area contributed by atoms with E-state index in [1.54, 1.807) is 20.8 Å². The molecule has 2 aromatic rings.